The van der Waals surface area contributed by atoms with E-state index in [1.807, 2.05) is 24.8 Å². The fraction of sp³-hybridized carbons (Fsp3) is 0.320. The molecule has 0 bridgehead atoms. The number of rotatable bonds is 6. The summed E-state index contributed by atoms with van der Waals surface area (Å²) in [6, 6.07) is 4.18. The molecule has 0 aromatic carbocycles. The number of hydrogen-bond donors (Lipinski definition) is 3. The second-order valence-corrected chi connectivity index (χ2v) is 8.75. The Bertz CT molecular complexity index is 1480. The van der Waals surface area contributed by atoms with Crippen LogP contribution in [0.25, 0.3) is 44.8 Å². The first kappa shape index (κ1) is 20.7. The van der Waals surface area contributed by atoms with Gasteiger partial charge in [-0.1, -0.05) is 6.92 Å². The Hall–Kier alpha value is -3.85. The molecule has 0 aliphatic carbocycles. The van der Waals surface area contributed by atoms with Crippen LogP contribution in [0.5, 0.6) is 0 Å². The number of aromatic nitrogens is 7. The second kappa shape index (κ2) is 8.49. The number of fused-ring (bicyclic) bond motifs is 2. The van der Waals surface area contributed by atoms with Gasteiger partial charge in [0.05, 0.1) is 11.1 Å². The molecule has 0 spiro atoms. The standard InChI is InChI=1S/C25H27N9/c1-3-26-11-17-12-27-14-19(15(17)2)16-10-18-21(32-33-23(18)29-13-16)25-30-22-20(34-8-4-5-9-34)6-7-28-24(22)31-25/h6-7,10,12-14,26H,3-5,8-9,11H2,1-2H3,(H,28,30,31)(H,29,32,33). The van der Waals surface area contributed by atoms with Gasteiger partial charge in [-0.3, -0.25) is 10.1 Å². The number of nitrogens with one attached hydrogen (secondary N) is 3. The second-order valence-electron chi connectivity index (χ2n) is 8.75. The predicted molar refractivity (Wildman–Crippen MR) is 134 cm³/mol. The molecule has 0 unspecified atom stereocenters. The van der Waals surface area contributed by atoms with E-state index in [1.54, 1.807) is 0 Å². The van der Waals surface area contributed by atoms with E-state index < -0.39 is 0 Å². The molecule has 1 saturated heterocycles. The lowest BCUT2D eigenvalue weighted by Gasteiger charge is -2.17. The van der Waals surface area contributed by atoms with Crippen molar-refractivity contribution in [3.8, 4) is 22.6 Å². The average molecular weight is 454 g/mol. The van der Waals surface area contributed by atoms with Crippen molar-refractivity contribution in [1.82, 2.24) is 40.4 Å². The van der Waals surface area contributed by atoms with Gasteiger partial charge < -0.3 is 15.2 Å². The fourth-order valence-corrected chi connectivity index (χ4v) is 4.76. The van der Waals surface area contributed by atoms with E-state index >= 15 is 0 Å². The van der Waals surface area contributed by atoms with E-state index in [9.17, 15) is 0 Å². The van der Waals surface area contributed by atoms with Gasteiger partial charge >= 0.3 is 0 Å². The molecule has 172 valence electrons. The molecule has 3 N–H and O–H groups in total. The first-order chi connectivity index (χ1) is 16.7. The van der Waals surface area contributed by atoms with Crippen molar-refractivity contribution < 1.29 is 0 Å². The van der Waals surface area contributed by atoms with Gasteiger partial charge in [0.25, 0.3) is 0 Å². The molecule has 34 heavy (non-hydrogen) atoms. The van der Waals surface area contributed by atoms with Gasteiger partial charge in [0, 0.05) is 55.5 Å². The van der Waals surface area contributed by atoms with Crippen LogP contribution in [0, 0.1) is 6.92 Å². The third-order valence-electron chi connectivity index (χ3n) is 6.66. The van der Waals surface area contributed by atoms with Crippen LogP contribution in [0.4, 0.5) is 5.69 Å². The SMILES string of the molecule is CCNCc1cncc(-c2cnc3n[nH]c(-c4nc5nccc(N6CCCC6)c5[nH]4)c3c2)c1C. The lowest BCUT2D eigenvalue weighted by Crippen LogP contribution is -2.17. The first-order valence-corrected chi connectivity index (χ1v) is 11.8. The van der Waals surface area contributed by atoms with Gasteiger partial charge in [0.2, 0.25) is 0 Å². The van der Waals surface area contributed by atoms with Crippen LogP contribution in [-0.4, -0.2) is 54.8 Å². The van der Waals surface area contributed by atoms with Crippen molar-refractivity contribution in [3.63, 3.8) is 0 Å². The summed E-state index contributed by atoms with van der Waals surface area (Å²) < 4.78 is 0. The van der Waals surface area contributed by atoms with Gasteiger partial charge in [-0.05, 0) is 49.6 Å². The summed E-state index contributed by atoms with van der Waals surface area (Å²) >= 11 is 0. The number of nitrogens with zero attached hydrogens (tertiary/aromatic N) is 6. The molecular weight excluding hydrogens is 426 g/mol. The Morgan fingerprint density at radius 3 is 2.82 bits per heavy atom. The Morgan fingerprint density at radius 1 is 1.09 bits per heavy atom. The first-order valence-electron chi connectivity index (χ1n) is 11.8. The van der Waals surface area contributed by atoms with E-state index in [4.69, 9.17) is 4.98 Å². The lowest BCUT2D eigenvalue weighted by atomic mass is 9.99. The summed E-state index contributed by atoms with van der Waals surface area (Å²) in [7, 11) is 0. The summed E-state index contributed by atoms with van der Waals surface area (Å²) in [5.74, 6) is 0.714. The van der Waals surface area contributed by atoms with Crippen LogP contribution in [0.2, 0.25) is 0 Å². The van der Waals surface area contributed by atoms with Crippen LogP contribution in [-0.2, 0) is 6.54 Å². The van der Waals surface area contributed by atoms with Crippen molar-refractivity contribution in [1.29, 1.82) is 0 Å². The molecule has 0 atom stereocenters. The predicted octanol–water partition coefficient (Wildman–Crippen LogP) is 3.98. The van der Waals surface area contributed by atoms with Gasteiger partial charge in [0.1, 0.15) is 11.2 Å². The van der Waals surface area contributed by atoms with E-state index in [-0.39, 0.29) is 0 Å². The Kier molecular flexibility index (Phi) is 5.18. The molecule has 9 nitrogen and oxygen atoms in total. The molecule has 0 amide bonds. The summed E-state index contributed by atoms with van der Waals surface area (Å²) in [5.41, 5.74) is 8.75. The summed E-state index contributed by atoms with van der Waals surface area (Å²) in [6.45, 7) is 8.08. The molecule has 6 heterocycles. The van der Waals surface area contributed by atoms with Crippen molar-refractivity contribution in [2.24, 2.45) is 0 Å². The summed E-state index contributed by atoms with van der Waals surface area (Å²) in [5, 5.41) is 11.9. The van der Waals surface area contributed by atoms with E-state index in [2.05, 4.69) is 66.3 Å². The summed E-state index contributed by atoms with van der Waals surface area (Å²) in [4.78, 5) is 24.3. The topological polar surface area (TPSA) is 111 Å². The van der Waals surface area contributed by atoms with Crippen LogP contribution in [0.15, 0.2) is 36.9 Å². The minimum atomic E-state index is 0.654. The molecular formula is C25H27N9. The molecule has 5 aromatic heterocycles. The van der Waals surface area contributed by atoms with Gasteiger partial charge in [0.15, 0.2) is 17.1 Å². The molecule has 1 fully saturated rings. The van der Waals surface area contributed by atoms with Gasteiger partial charge in [-0.15, -0.1) is 0 Å². The van der Waals surface area contributed by atoms with Crippen LogP contribution >= 0.6 is 0 Å². The van der Waals surface area contributed by atoms with E-state index in [1.165, 1.54) is 24.0 Å². The maximum atomic E-state index is 4.79. The van der Waals surface area contributed by atoms with Crippen molar-refractivity contribution in [2.45, 2.75) is 33.2 Å². The van der Waals surface area contributed by atoms with Gasteiger partial charge in [-0.2, -0.15) is 5.10 Å². The minimum absolute atomic E-state index is 0.654. The zero-order valence-electron chi connectivity index (χ0n) is 19.4. The molecule has 5 aromatic rings. The van der Waals surface area contributed by atoms with Gasteiger partial charge in [-0.25, -0.2) is 15.0 Å². The van der Waals surface area contributed by atoms with Crippen LogP contribution < -0.4 is 10.2 Å². The monoisotopic (exact) mass is 453 g/mol. The number of H-pyrrole nitrogens is 2. The highest BCUT2D eigenvalue weighted by Crippen LogP contribution is 2.33. The largest absolute Gasteiger partial charge is 0.370 e. The van der Waals surface area contributed by atoms with Crippen LogP contribution in [0.1, 0.15) is 30.9 Å². The highest BCUT2D eigenvalue weighted by atomic mass is 15.2. The van der Waals surface area contributed by atoms with E-state index in [0.717, 1.165) is 59.6 Å². The number of anilines is 1. The molecule has 6 rings (SSSR count). The molecule has 0 radical (unpaired) electrons. The number of imidazole rings is 1. The van der Waals surface area contributed by atoms with E-state index in [0.29, 0.717) is 17.1 Å². The average Bonchev–Trinajstić information content (AvgIpc) is 3.62. The maximum Gasteiger partial charge on any atom is 0.181 e. The van der Waals surface area contributed by atoms with Crippen LogP contribution in [0.3, 0.4) is 0 Å². The molecule has 0 saturated carbocycles. The summed E-state index contributed by atoms with van der Waals surface area (Å²) in [6.07, 6.45) is 9.96. The van der Waals surface area contributed by atoms with Crippen molar-refractivity contribution in [2.75, 3.05) is 24.5 Å². The number of aromatic amines is 2. The maximum absolute atomic E-state index is 4.79. The highest BCUT2D eigenvalue weighted by Gasteiger charge is 2.20. The lowest BCUT2D eigenvalue weighted by molar-refractivity contribution is 0.721. The highest BCUT2D eigenvalue weighted by molar-refractivity contribution is 5.95. The smallest absolute Gasteiger partial charge is 0.181 e. The normalized spacial score (nSPS) is 14.0. The quantitative estimate of drug-likeness (QED) is 0.357. The van der Waals surface area contributed by atoms with Crippen molar-refractivity contribution >= 4 is 27.9 Å². The van der Waals surface area contributed by atoms with Crippen molar-refractivity contribution in [3.05, 3.63) is 48.0 Å². The Balaban J connectivity index is 1.43. The Labute approximate surface area is 197 Å². The third-order valence-corrected chi connectivity index (χ3v) is 6.66. The zero-order valence-corrected chi connectivity index (χ0v) is 19.4. The Morgan fingerprint density at radius 2 is 1.97 bits per heavy atom. The molecule has 9 heteroatoms. The third kappa shape index (κ3) is 3.49. The minimum Gasteiger partial charge on any atom is -0.370 e. The fourth-order valence-electron chi connectivity index (χ4n) is 4.76. The molecule has 1 aliphatic heterocycles. The molecule has 1 aliphatic rings. The zero-order chi connectivity index (χ0) is 23.1. The number of hydrogen-bond acceptors (Lipinski definition) is 7. The number of pyridine rings is 3.